The molecule has 6 nitrogen and oxygen atoms in total. The number of nitro benzene ring substituents is 1. The topological polar surface area (TPSA) is 85.1 Å². The molecule has 0 aliphatic rings. The third kappa shape index (κ3) is 3.45. The van der Waals surface area contributed by atoms with Gasteiger partial charge in [-0.1, -0.05) is 23.2 Å². The van der Waals surface area contributed by atoms with Gasteiger partial charge in [0, 0.05) is 12.1 Å². The summed E-state index contributed by atoms with van der Waals surface area (Å²) in [6.45, 7) is 0. The maximum absolute atomic E-state index is 12.7. The highest BCUT2D eigenvalue weighted by atomic mass is 35.5. The SMILES string of the molecule is O=C(Nc1ccc(F)cn1)c1cc([N+](=O)[O-])cc(Cl)c1Cl. The van der Waals surface area contributed by atoms with Crippen molar-refractivity contribution in [3.63, 3.8) is 0 Å². The highest BCUT2D eigenvalue weighted by Gasteiger charge is 2.19. The second kappa shape index (κ2) is 6.02. The third-order valence-corrected chi connectivity index (χ3v) is 3.24. The molecule has 0 saturated heterocycles. The number of non-ortho nitro benzene ring substituents is 1. The number of hydrogen-bond donors (Lipinski definition) is 1. The summed E-state index contributed by atoms with van der Waals surface area (Å²) in [5.74, 6) is -1.24. The van der Waals surface area contributed by atoms with E-state index in [0.717, 1.165) is 24.4 Å². The van der Waals surface area contributed by atoms with Gasteiger partial charge in [0.05, 0.1) is 26.7 Å². The molecule has 1 N–H and O–H groups in total. The minimum absolute atomic E-state index is 0.0695. The van der Waals surface area contributed by atoms with Gasteiger partial charge >= 0.3 is 0 Å². The fraction of sp³-hybridized carbons (Fsp3) is 0. The van der Waals surface area contributed by atoms with E-state index in [-0.39, 0.29) is 27.1 Å². The number of carbonyl (C=O) groups is 1. The molecule has 0 radical (unpaired) electrons. The summed E-state index contributed by atoms with van der Waals surface area (Å²) in [4.78, 5) is 25.7. The van der Waals surface area contributed by atoms with E-state index in [4.69, 9.17) is 23.2 Å². The molecule has 0 saturated carbocycles. The van der Waals surface area contributed by atoms with Crippen LogP contribution in [0, 0.1) is 15.9 Å². The van der Waals surface area contributed by atoms with Gasteiger partial charge < -0.3 is 5.32 Å². The lowest BCUT2D eigenvalue weighted by Crippen LogP contribution is -2.14. The van der Waals surface area contributed by atoms with Crippen LogP contribution >= 0.6 is 23.2 Å². The zero-order valence-electron chi connectivity index (χ0n) is 10.1. The van der Waals surface area contributed by atoms with Crippen molar-refractivity contribution in [1.29, 1.82) is 0 Å². The largest absolute Gasteiger partial charge is 0.307 e. The van der Waals surface area contributed by atoms with Crippen molar-refractivity contribution in [2.75, 3.05) is 5.32 Å². The van der Waals surface area contributed by atoms with Crippen LogP contribution in [0.4, 0.5) is 15.9 Å². The van der Waals surface area contributed by atoms with E-state index in [0.29, 0.717) is 0 Å². The number of amides is 1. The number of nitro groups is 1. The number of pyridine rings is 1. The number of rotatable bonds is 3. The van der Waals surface area contributed by atoms with Gasteiger partial charge in [0.25, 0.3) is 11.6 Å². The summed E-state index contributed by atoms with van der Waals surface area (Å²) >= 11 is 11.6. The van der Waals surface area contributed by atoms with Gasteiger partial charge in [0.2, 0.25) is 0 Å². The Kier molecular flexibility index (Phi) is 4.35. The predicted molar refractivity (Wildman–Crippen MR) is 75.3 cm³/mol. The first kappa shape index (κ1) is 15.1. The van der Waals surface area contributed by atoms with Crippen LogP contribution in [0.2, 0.25) is 10.0 Å². The van der Waals surface area contributed by atoms with Gasteiger partial charge in [0.15, 0.2) is 0 Å². The molecule has 1 aromatic carbocycles. The molecular weight excluding hydrogens is 324 g/mol. The number of nitrogens with zero attached hydrogens (tertiary/aromatic N) is 2. The van der Waals surface area contributed by atoms with Gasteiger partial charge in [0.1, 0.15) is 11.6 Å². The lowest BCUT2D eigenvalue weighted by molar-refractivity contribution is -0.384. The minimum atomic E-state index is -0.746. The normalized spacial score (nSPS) is 10.2. The van der Waals surface area contributed by atoms with Crippen molar-refractivity contribution in [3.8, 4) is 0 Å². The highest BCUT2D eigenvalue weighted by Crippen LogP contribution is 2.31. The molecule has 1 amide bonds. The van der Waals surface area contributed by atoms with Gasteiger partial charge in [-0.2, -0.15) is 0 Å². The number of nitrogens with one attached hydrogen (secondary N) is 1. The van der Waals surface area contributed by atoms with E-state index in [1.807, 2.05) is 0 Å². The van der Waals surface area contributed by atoms with E-state index in [9.17, 15) is 19.3 Å². The Morgan fingerprint density at radius 3 is 2.62 bits per heavy atom. The summed E-state index contributed by atoms with van der Waals surface area (Å²) in [7, 11) is 0. The fourth-order valence-electron chi connectivity index (χ4n) is 1.48. The summed E-state index contributed by atoms with van der Waals surface area (Å²) in [5, 5.41) is 12.8. The smallest absolute Gasteiger partial charge is 0.271 e. The molecule has 0 fully saturated rings. The molecule has 0 unspecified atom stereocenters. The molecule has 2 aromatic rings. The average molecular weight is 330 g/mol. The highest BCUT2D eigenvalue weighted by molar-refractivity contribution is 6.44. The molecule has 0 aliphatic carbocycles. The second-order valence-corrected chi connectivity index (χ2v) is 4.65. The summed E-state index contributed by atoms with van der Waals surface area (Å²) in [5.41, 5.74) is -0.552. The van der Waals surface area contributed by atoms with Crippen molar-refractivity contribution >= 4 is 40.6 Å². The Bertz CT molecular complexity index is 722. The molecule has 0 atom stereocenters. The van der Waals surface area contributed by atoms with E-state index >= 15 is 0 Å². The number of aromatic nitrogens is 1. The summed E-state index contributed by atoms with van der Waals surface area (Å²) in [6.07, 6.45) is 0.914. The third-order valence-electron chi connectivity index (χ3n) is 2.44. The van der Waals surface area contributed by atoms with Crippen LogP contribution in [0.3, 0.4) is 0 Å². The van der Waals surface area contributed by atoms with Gasteiger partial charge in [-0.15, -0.1) is 0 Å². The van der Waals surface area contributed by atoms with Crippen molar-refractivity contribution in [2.24, 2.45) is 0 Å². The maximum Gasteiger partial charge on any atom is 0.271 e. The Labute approximate surface area is 127 Å². The first-order valence-corrected chi connectivity index (χ1v) is 6.20. The zero-order chi connectivity index (χ0) is 15.6. The van der Waals surface area contributed by atoms with Crippen LogP contribution in [-0.2, 0) is 0 Å². The number of anilines is 1. The number of hydrogen-bond acceptors (Lipinski definition) is 4. The van der Waals surface area contributed by atoms with Gasteiger partial charge in [-0.3, -0.25) is 14.9 Å². The number of halogens is 3. The van der Waals surface area contributed by atoms with Gasteiger partial charge in [-0.05, 0) is 12.1 Å². The van der Waals surface area contributed by atoms with Crippen LogP contribution < -0.4 is 5.32 Å². The van der Waals surface area contributed by atoms with E-state index < -0.39 is 16.6 Å². The number of carbonyl (C=O) groups excluding carboxylic acids is 1. The zero-order valence-corrected chi connectivity index (χ0v) is 11.7. The summed E-state index contributed by atoms with van der Waals surface area (Å²) in [6, 6.07) is 4.37. The monoisotopic (exact) mass is 329 g/mol. The molecular formula is C12H6Cl2FN3O3. The van der Waals surface area contributed by atoms with Crippen LogP contribution in [0.25, 0.3) is 0 Å². The molecule has 2 rings (SSSR count). The lowest BCUT2D eigenvalue weighted by Gasteiger charge is -2.07. The first-order chi connectivity index (χ1) is 9.88. The lowest BCUT2D eigenvalue weighted by atomic mass is 10.2. The van der Waals surface area contributed by atoms with Crippen molar-refractivity contribution in [3.05, 3.63) is 62.0 Å². The first-order valence-electron chi connectivity index (χ1n) is 5.45. The van der Waals surface area contributed by atoms with Crippen molar-refractivity contribution < 1.29 is 14.1 Å². The van der Waals surface area contributed by atoms with Crippen LogP contribution in [0.15, 0.2) is 30.5 Å². The molecule has 0 aliphatic heterocycles. The van der Waals surface area contributed by atoms with Crippen molar-refractivity contribution in [1.82, 2.24) is 4.98 Å². The average Bonchev–Trinajstić information content (AvgIpc) is 2.43. The standard InChI is InChI=1S/C12H6Cl2FN3O3/c13-9-4-7(18(20)21)3-8(11(9)14)12(19)17-10-2-1-6(15)5-16-10/h1-5H,(H,16,17,19). The maximum atomic E-state index is 12.7. The molecule has 9 heteroatoms. The minimum Gasteiger partial charge on any atom is -0.307 e. The van der Waals surface area contributed by atoms with Crippen molar-refractivity contribution in [2.45, 2.75) is 0 Å². The molecule has 0 bridgehead atoms. The molecule has 1 aromatic heterocycles. The summed E-state index contributed by atoms with van der Waals surface area (Å²) < 4.78 is 12.7. The van der Waals surface area contributed by atoms with E-state index in [1.165, 1.54) is 6.07 Å². The Morgan fingerprint density at radius 2 is 2.05 bits per heavy atom. The second-order valence-electron chi connectivity index (χ2n) is 3.86. The van der Waals surface area contributed by atoms with Crippen LogP contribution in [0.1, 0.15) is 10.4 Å². The van der Waals surface area contributed by atoms with Crippen LogP contribution in [-0.4, -0.2) is 15.8 Å². The molecule has 21 heavy (non-hydrogen) atoms. The van der Waals surface area contributed by atoms with E-state index in [1.54, 1.807) is 0 Å². The Balaban J connectivity index is 2.34. The number of benzene rings is 1. The molecule has 0 spiro atoms. The Hall–Kier alpha value is -2.25. The predicted octanol–water partition coefficient (Wildman–Crippen LogP) is 3.69. The quantitative estimate of drug-likeness (QED) is 0.687. The molecule has 1 heterocycles. The molecule has 108 valence electrons. The van der Waals surface area contributed by atoms with Gasteiger partial charge in [-0.25, -0.2) is 9.37 Å². The van der Waals surface area contributed by atoms with E-state index in [2.05, 4.69) is 10.3 Å². The Morgan fingerprint density at radius 1 is 1.33 bits per heavy atom. The van der Waals surface area contributed by atoms with Crippen LogP contribution in [0.5, 0.6) is 0 Å². The fourth-order valence-corrected chi connectivity index (χ4v) is 1.89.